The Hall–Kier alpha value is -4.67. The predicted octanol–water partition coefficient (Wildman–Crippen LogP) is 2.68. The van der Waals surface area contributed by atoms with Crippen LogP contribution in [0.2, 0.25) is 0 Å². The van der Waals surface area contributed by atoms with Crippen molar-refractivity contribution < 1.29 is 22.5 Å². The number of alkyl halides is 3. The first-order chi connectivity index (χ1) is 18.8. The van der Waals surface area contributed by atoms with Crippen LogP contribution in [0.1, 0.15) is 35.9 Å². The van der Waals surface area contributed by atoms with Gasteiger partial charge in [0, 0.05) is 29.9 Å². The highest BCUT2D eigenvalue weighted by Crippen LogP contribution is 2.35. The maximum Gasteiger partial charge on any atom is 0.418 e. The van der Waals surface area contributed by atoms with Gasteiger partial charge < -0.3 is 14.4 Å². The van der Waals surface area contributed by atoms with Crippen molar-refractivity contribution in [2.45, 2.75) is 39.5 Å². The van der Waals surface area contributed by atoms with E-state index in [9.17, 15) is 27.6 Å². The van der Waals surface area contributed by atoms with Gasteiger partial charge in [-0.1, -0.05) is 5.16 Å². The lowest BCUT2D eigenvalue weighted by atomic mass is 10.1. The molecule has 1 atom stereocenters. The minimum Gasteiger partial charge on any atom is -0.337 e. The molecule has 13 nitrogen and oxygen atoms in total. The number of hydrogen-bond acceptors (Lipinski definition) is 10. The van der Waals surface area contributed by atoms with Crippen LogP contribution in [-0.4, -0.2) is 44.7 Å². The summed E-state index contributed by atoms with van der Waals surface area (Å²) >= 11 is 1.03. The molecule has 0 spiro atoms. The van der Waals surface area contributed by atoms with Gasteiger partial charge in [-0.15, -0.1) is 11.3 Å². The number of halogens is 3. The maximum absolute atomic E-state index is 13.3. The van der Waals surface area contributed by atoms with Crippen LogP contribution < -0.4 is 16.6 Å². The van der Waals surface area contributed by atoms with Crippen molar-refractivity contribution in [1.29, 1.82) is 0 Å². The van der Waals surface area contributed by atoms with E-state index < -0.39 is 34.9 Å². The zero-order chi connectivity index (χ0) is 28.9. The number of anilines is 1. The van der Waals surface area contributed by atoms with Crippen molar-refractivity contribution in [3.05, 3.63) is 67.8 Å². The molecule has 5 aromatic rings. The normalized spacial score (nSPS) is 12.7. The number of aryl methyl sites for hydroxylation is 3. The number of imidazole rings is 1. The molecule has 5 heterocycles. The van der Waals surface area contributed by atoms with Crippen LogP contribution in [0.15, 0.2) is 38.1 Å². The van der Waals surface area contributed by atoms with Gasteiger partial charge in [-0.3, -0.25) is 19.1 Å². The number of nitrogens with zero attached hydrogens (tertiary/aromatic N) is 8. The first-order valence-corrected chi connectivity index (χ1v) is 12.5. The molecule has 208 valence electrons. The third-order valence-corrected chi connectivity index (χ3v) is 7.00. The molecule has 0 aliphatic carbocycles. The van der Waals surface area contributed by atoms with Gasteiger partial charge >= 0.3 is 11.9 Å². The summed E-state index contributed by atoms with van der Waals surface area (Å²) in [6, 6.07) is -0.0323. The summed E-state index contributed by atoms with van der Waals surface area (Å²) in [4.78, 5) is 55.5. The predicted molar refractivity (Wildman–Crippen MR) is 136 cm³/mol. The molecule has 0 radical (unpaired) electrons. The van der Waals surface area contributed by atoms with E-state index in [0.717, 1.165) is 22.0 Å². The summed E-state index contributed by atoms with van der Waals surface area (Å²) in [5, 5.41) is 7.96. The van der Waals surface area contributed by atoms with E-state index in [4.69, 9.17) is 4.52 Å². The van der Waals surface area contributed by atoms with Crippen LogP contribution >= 0.6 is 11.3 Å². The van der Waals surface area contributed by atoms with Crippen molar-refractivity contribution in [2.24, 2.45) is 7.05 Å². The lowest BCUT2D eigenvalue weighted by molar-refractivity contribution is -0.138. The lowest BCUT2D eigenvalue weighted by Gasteiger charge is -2.14. The summed E-state index contributed by atoms with van der Waals surface area (Å²) in [5.41, 5.74) is -2.21. The molecule has 1 N–H and O–H groups in total. The van der Waals surface area contributed by atoms with Gasteiger partial charge in [0.25, 0.3) is 5.56 Å². The van der Waals surface area contributed by atoms with Crippen molar-refractivity contribution in [2.75, 3.05) is 5.32 Å². The van der Waals surface area contributed by atoms with E-state index in [-0.39, 0.29) is 45.7 Å². The Balaban J connectivity index is 1.43. The van der Waals surface area contributed by atoms with Gasteiger partial charge in [0.2, 0.25) is 11.8 Å². The van der Waals surface area contributed by atoms with Crippen molar-refractivity contribution >= 4 is 34.2 Å². The monoisotopic (exact) mass is 575 g/mol. The Kier molecular flexibility index (Phi) is 6.61. The summed E-state index contributed by atoms with van der Waals surface area (Å²) in [6.07, 6.45) is -2.03. The molecule has 0 bridgehead atoms. The minimum absolute atomic E-state index is 0.00892. The average Bonchev–Trinajstić information content (AvgIpc) is 3.64. The Morgan fingerprint density at radius 1 is 1.20 bits per heavy atom. The van der Waals surface area contributed by atoms with Crippen LogP contribution in [0.4, 0.5) is 19.0 Å². The number of fused-ring (bicyclic) bond motifs is 1. The average molecular weight is 576 g/mol. The van der Waals surface area contributed by atoms with Gasteiger partial charge in [-0.05, 0) is 26.8 Å². The quantitative estimate of drug-likeness (QED) is 0.322. The molecular formula is C23H20F3N9O4S. The van der Waals surface area contributed by atoms with Crippen molar-refractivity contribution in [3.63, 3.8) is 0 Å². The zero-order valence-electron chi connectivity index (χ0n) is 21.3. The third-order valence-electron chi connectivity index (χ3n) is 6.11. The molecule has 17 heteroatoms. The van der Waals surface area contributed by atoms with Gasteiger partial charge in [0.05, 0.1) is 11.9 Å². The number of nitrogens with one attached hydrogen (secondary N) is 1. The molecule has 0 aliphatic rings. The topological polar surface area (TPSA) is 156 Å². The summed E-state index contributed by atoms with van der Waals surface area (Å²) in [5.74, 6) is -0.0900. The SMILES string of the molecule is Cc1noc(Cn2c(=O)c3c(ncn3C(C)C(=O)Nc3csc(-c4cnc(C)c(C(F)(F)F)c4)n3)n(C)c2=O)n1. The van der Waals surface area contributed by atoms with Crippen LogP contribution in [0.25, 0.3) is 21.7 Å². The number of aromatic nitrogens is 8. The molecule has 0 aliphatic heterocycles. The standard InChI is InChI=1S/C23H20F3N9O4S/c1-10-14(23(24,25)26)5-13(6-27-10)20-31-15(8-40-20)30-19(36)11(2)35-9-28-18-17(35)21(37)34(22(38)33(18)4)7-16-29-12(3)32-39-16/h5-6,8-9,11H,7H2,1-4H3,(H,30,36). The number of pyridine rings is 1. The highest BCUT2D eigenvalue weighted by molar-refractivity contribution is 7.13. The van der Waals surface area contributed by atoms with E-state index in [2.05, 4.69) is 30.4 Å². The molecular weight excluding hydrogens is 555 g/mol. The van der Waals surface area contributed by atoms with Crippen molar-refractivity contribution in [1.82, 2.24) is 38.8 Å². The fraction of sp³-hybridized carbons (Fsp3) is 0.304. The van der Waals surface area contributed by atoms with Gasteiger partial charge in [-0.2, -0.15) is 18.2 Å². The second kappa shape index (κ2) is 9.82. The maximum atomic E-state index is 13.3. The summed E-state index contributed by atoms with van der Waals surface area (Å²) < 4.78 is 48.3. The molecule has 40 heavy (non-hydrogen) atoms. The lowest BCUT2D eigenvalue weighted by Crippen LogP contribution is -2.40. The van der Waals surface area contributed by atoms with Gasteiger partial charge in [0.1, 0.15) is 23.4 Å². The molecule has 0 aromatic carbocycles. The van der Waals surface area contributed by atoms with E-state index in [0.29, 0.717) is 5.82 Å². The van der Waals surface area contributed by atoms with Crippen LogP contribution in [0, 0.1) is 13.8 Å². The number of carbonyl (C=O) groups is 1. The van der Waals surface area contributed by atoms with E-state index in [1.54, 1.807) is 6.92 Å². The second-order valence-corrected chi connectivity index (χ2v) is 9.71. The Morgan fingerprint density at radius 3 is 2.62 bits per heavy atom. The van der Waals surface area contributed by atoms with Crippen molar-refractivity contribution in [3.8, 4) is 10.6 Å². The first kappa shape index (κ1) is 26.9. The Bertz CT molecular complexity index is 1880. The fourth-order valence-electron chi connectivity index (χ4n) is 4.02. The largest absolute Gasteiger partial charge is 0.418 e. The van der Waals surface area contributed by atoms with Crippen LogP contribution in [0.5, 0.6) is 0 Å². The number of thiazole rings is 1. The van der Waals surface area contributed by atoms with Crippen LogP contribution in [0.3, 0.4) is 0 Å². The zero-order valence-corrected chi connectivity index (χ0v) is 22.2. The van der Waals surface area contributed by atoms with E-state index in [1.165, 1.54) is 47.9 Å². The first-order valence-electron chi connectivity index (χ1n) is 11.6. The summed E-state index contributed by atoms with van der Waals surface area (Å²) in [6.45, 7) is 4.09. The molecule has 0 saturated heterocycles. The van der Waals surface area contributed by atoms with E-state index in [1.807, 2.05) is 0 Å². The Labute approximate surface area is 225 Å². The Morgan fingerprint density at radius 2 is 1.95 bits per heavy atom. The summed E-state index contributed by atoms with van der Waals surface area (Å²) in [7, 11) is 1.43. The molecule has 0 saturated carbocycles. The number of hydrogen-bond donors (Lipinski definition) is 1. The number of amides is 1. The van der Waals surface area contributed by atoms with Crippen LogP contribution in [-0.2, 0) is 24.6 Å². The highest BCUT2D eigenvalue weighted by Gasteiger charge is 2.33. The third kappa shape index (κ3) is 4.78. The molecule has 0 fully saturated rings. The highest BCUT2D eigenvalue weighted by atomic mass is 32.1. The molecule has 5 rings (SSSR count). The molecule has 1 unspecified atom stereocenters. The van der Waals surface area contributed by atoms with Gasteiger partial charge in [0.15, 0.2) is 17.0 Å². The second-order valence-electron chi connectivity index (χ2n) is 8.85. The van der Waals surface area contributed by atoms with Gasteiger partial charge in [-0.25, -0.2) is 19.3 Å². The molecule has 1 amide bonds. The fourth-order valence-corrected chi connectivity index (χ4v) is 4.75. The molecule has 5 aromatic heterocycles. The smallest absolute Gasteiger partial charge is 0.337 e. The number of carbonyl (C=O) groups excluding carboxylic acids is 1. The minimum atomic E-state index is -4.57. The van der Waals surface area contributed by atoms with E-state index >= 15 is 0 Å². The number of rotatable bonds is 6.